The molecule has 4 unspecified atom stereocenters. The Morgan fingerprint density at radius 1 is 1.07 bits per heavy atom. The lowest BCUT2D eigenvalue weighted by Gasteiger charge is -2.31. The van der Waals surface area contributed by atoms with Gasteiger partial charge in [0.1, 0.15) is 42.8 Å². The highest BCUT2D eigenvalue weighted by atomic mass is 32.2. The minimum absolute atomic E-state index is 0.00289. The van der Waals surface area contributed by atoms with Crippen LogP contribution in [0.1, 0.15) is 64.9 Å². The van der Waals surface area contributed by atoms with Crippen molar-refractivity contribution in [3.8, 4) is 11.5 Å². The van der Waals surface area contributed by atoms with E-state index in [-0.39, 0.29) is 63.9 Å². The lowest BCUT2D eigenvalue weighted by atomic mass is 9.97. The van der Waals surface area contributed by atoms with Crippen LogP contribution in [0.2, 0.25) is 0 Å². The minimum Gasteiger partial charge on any atom is -0.491 e. The van der Waals surface area contributed by atoms with Crippen molar-refractivity contribution in [1.29, 1.82) is 0 Å². The van der Waals surface area contributed by atoms with Gasteiger partial charge < -0.3 is 49.4 Å². The number of unbranched alkanes of at least 4 members (excludes halogenated alkanes) is 2. The molecule has 314 valence electrons. The average Bonchev–Trinajstić information content (AvgIpc) is 3.11. The Kier molecular flexibility index (Phi) is 19.9. The van der Waals surface area contributed by atoms with Gasteiger partial charge in [-0.3, -0.25) is 28.5 Å². The van der Waals surface area contributed by atoms with E-state index in [9.17, 15) is 52.0 Å². The molecule has 1 heterocycles. The van der Waals surface area contributed by atoms with E-state index >= 15 is 0 Å². The molecule has 1 saturated heterocycles. The highest BCUT2D eigenvalue weighted by Crippen LogP contribution is 2.30. The van der Waals surface area contributed by atoms with Gasteiger partial charge in [0.25, 0.3) is 10.1 Å². The minimum atomic E-state index is -4.63. The van der Waals surface area contributed by atoms with Gasteiger partial charge in [0.15, 0.2) is 6.10 Å². The molecule has 1 aromatic rings. The maximum atomic E-state index is 12.7. The van der Waals surface area contributed by atoms with Gasteiger partial charge in [-0.05, 0) is 51.8 Å². The van der Waals surface area contributed by atoms with Crippen LogP contribution in [0.5, 0.6) is 11.5 Å². The summed E-state index contributed by atoms with van der Waals surface area (Å²) in [7, 11) is -3.07. The summed E-state index contributed by atoms with van der Waals surface area (Å²) in [5.74, 6) is -4.09. The number of allylic oxidation sites excluding steroid dienone is 1. The van der Waals surface area contributed by atoms with Crippen LogP contribution in [0.4, 0.5) is 0 Å². The number of nitrogens with zero attached hydrogens (tertiary/aromatic N) is 1. The first-order valence-electron chi connectivity index (χ1n) is 17.9. The molecule has 0 spiro atoms. The molecule has 1 aromatic carbocycles. The number of hydrogen-bond donors (Lipinski definition) is 5. The van der Waals surface area contributed by atoms with Crippen LogP contribution in [0.15, 0.2) is 30.4 Å². The van der Waals surface area contributed by atoms with Crippen LogP contribution >= 0.6 is 0 Å². The molecule has 3 amide bonds. The van der Waals surface area contributed by atoms with E-state index in [0.29, 0.717) is 43.4 Å². The maximum Gasteiger partial charge on any atom is 0.333 e. The third-order valence-electron chi connectivity index (χ3n) is 7.97. The smallest absolute Gasteiger partial charge is 0.333 e. The molecule has 19 nitrogen and oxygen atoms in total. The molecule has 5 N–H and O–H groups in total. The first-order valence-corrected chi connectivity index (χ1v) is 19.5. The molecule has 0 saturated carbocycles. The highest BCUT2D eigenvalue weighted by molar-refractivity contribution is 7.85. The summed E-state index contributed by atoms with van der Waals surface area (Å²) in [6.07, 6.45) is 0.684. The summed E-state index contributed by atoms with van der Waals surface area (Å²) in [5.41, 5.74) is -0.335. The van der Waals surface area contributed by atoms with Gasteiger partial charge in [0.2, 0.25) is 24.0 Å². The molecule has 1 aliphatic rings. The van der Waals surface area contributed by atoms with Crippen molar-refractivity contribution >= 4 is 46.1 Å². The zero-order chi connectivity index (χ0) is 41.9. The second-order valence-corrected chi connectivity index (χ2v) is 15.4. The third-order valence-corrected chi connectivity index (χ3v) is 8.73. The molecule has 4 atom stereocenters. The zero-order valence-electron chi connectivity index (χ0n) is 32.0. The van der Waals surface area contributed by atoms with Crippen LogP contribution < -0.4 is 20.1 Å². The number of amides is 3. The molecular formula is C36H53N3O16S. The molecule has 0 aliphatic carbocycles. The molecule has 0 radical (unpaired) electrons. The van der Waals surface area contributed by atoms with Crippen molar-refractivity contribution in [2.75, 3.05) is 45.7 Å². The standard InChI is InChI=1S/C36H53N3O16S/c1-36(2,3)35(47)53-22-24-11-12-26(21-28(24)54-32-20-25(41)19-29(55-32)34(45)46)52-18-17-51-16-13-37-33(44)27(23-56(48,49)50)38-30(42)9-6-5-7-14-39(4)31(43)10-8-15-40/h8,10-12,15,21,25,27,29,32,41H,5-7,9,13-14,16-20,22-23H2,1-4H3,(H,37,44)(H,38,42)(H,45,46)(H,48,49,50)/b10-8-. The number of carboxylic acids is 1. The summed E-state index contributed by atoms with van der Waals surface area (Å²) in [5, 5.41) is 24.3. The fraction of sp³-hybridized carbons (Fsp3) is 0.611. The number of aliphatic hydroxyl groups is 1. The fourth-order valence-electron chi connectivity index (χ4n) is 4.97. The molecular weight excluding hydrogens is 762 g/mol. The fourth-order valence-corrected chi connectivity index (χ4v) is 5.63. The van der Waals surface area contributed by atoms with Gasteiger partial charge in [-0.1, -0.05) is 6.42 Å². The number of ether oxygens (including phenoxy) is 5. The highest BCUT2D eigenvalue weighted by Gasteiger charge is 2.34. The normalized spacial score (nSPS) is 17.7. The SMILES string of the molecule is CN(CCCCCC(=O)NC(CS(=O)(=O)O)C(=O)NCCOCCOc1ccc(COC(=O)C(C)(C)C)c(OC2CC(O)CC(C(=O)O)O2)c1)C(=O)/C=C\C=O. The van der Waals surface area contributed by atoms with Crippen molar-refractivity contribution in [3.05, 3.63) is 35.9 Å². The van der Waals surface area contributed by atoms with Crippen LogP contribution in [-0.2, 0) is 59.7 Å². The van der Waals surface area contributed by atoms with Gasteiger partial charge in [-0.15, -0.1) is 0 Å². The lowest BCUT2D eigenvalue weighted by Crippen LogP contribution is -2.50. The Labute approximate surface area is 325 Å². The molecule has 0 aromatic heterocycles. The van der Waals surface area contributed by atoms with Crippen molar-refractivity contribution in [2.24, 2.45) is 5.41 Å². The number of rotatable bonds is 24. The van der Waals surface area contributed by atoms with Gasteiger partial charge in [0.05, 0.1) is 24.7 Å². The summed E-state index contributed by atoms with van der Waals surface area (Å²) in [6, 6.07) is 3.10. The van der Waals surface area contributed by atoms with E-state index < -0.39 is 69.6 Å². The molecule has 20 heteroatoms. The number of esters is 1. The average molecular weight is 816 g/mol. The number of nitrogens with one attached hydrogen (secondary N) is 2. The van der Waals surface area contributed by atoms with Crippen LogP contribution in [0.25, 0.3) is 0 Å². The Bertz CT molecular complexity index is 1630. The molecule has 1 aliphatic heterocycles. The largest absolute Gasteiger partial charge is 0.491 e. The zero-order valence-corrected chi connectivity index (χ0v) is 32.8. The van der Waals surface area contributed by atoms with E-state index in [1.54, 1.807) is 40.0 Å². The predicted octanol–water partition coefficient (Wildman–Crippen LogP) is 0.763. The van der Waals surface area contributed by atoms with Gasteiger partial charge >= 0.3 is 11.9 Å². The summed E-state index contributed by atoms with van der Waals surface area (Å²) in [6.45, 7) is 5.27. The number of aldehydes is 1. The monoisotopic (exact) mass is 815 g/mol. The van der Waals surface area contributed by atoms with Crippen molar-refractivity contribution < 1.29 is 75.6 Å². The Hall–Kier alpha value is -4.63. The number of hydrogen-bond acceptors (Lipinski definition) is 14. The van der Waals surface area contributed by atoms with E-state index in [2.05, 4.69) is 10.6 Å². The molecule has 2 rings (SSSR count). The summed E-state index contributed by atoms with van der Waals surface area (Å²) in [4.78, 5) is 72.5. The van der Waals surface area contributed by atoms with Crippen LogP contribution in [0, 0.1) is 5.41 Å². The molecule has 0 bridgehead atoms. The van der Waals surface area contributed by atoms with E-state index in [1.165, 1.54) is 11.0 Å². The Morgan fingerprint density at radius 2 is 1.80 bits per heavy atom. The quantitative estimate of drug-likeness (QED) is 0.0317. The van der Waals surface area contributed by atoms with Crippen molar-refractivity contribution in [3.63, 3.8) is 0 Å². The van der Waals surface area contributed by atoms with E-state index in [4.69, 9.17) is 23.7 Å². The number of aliphatic carboxylic acids is 1. The lowest BCUT2D eigenvalue weighted by molar-refractivity contribution is -0.195. The second-order valence-electron chi connectivity index (χ2n) is 13.9. The second kappa shape index (κ2) is 23.4. The Morgan fingerprint density at radius 3 is 2.46 bits per heavy atom. The number of aliphatic hydroxyl groups excluding tert-OH is 1. The van der Waals surface area contributed by atoms with Gasteiger partial charge in [-0.25, -0.2) is 4.79 Å². The summed E-state index contributed by atoms with van der Waals surface area (Å²) >= 11 is 0. The van der Waals surface area contributed by atoms with Crippen LogP contribution in [-0.4, -0.2) is 134 Å². The molecule has 1 fully saturated rings. The van der Waals surface area contributed by atoms with Crippen LogP contribution in [0.3, 0.4) is 0 Å². The maximum absolute atomic E-state index is 12.7. The predicted molar refractivity (Wildman–Crippen MR) is 197 cm³/mol. The first kappa shape index (κ1) is 47.5. The summed E-state index contributed by atoms with van der Waals surface area (Å²) < 4.78 is 60.4. The molecule has 56 heavy (non-hydrogen) atoms. The number of benzene rings is 1. The first-order chi connectivity index (χ1) is 26.3. The van der Waals surface area contributed by atoms with Gasteiger partial charge in [0, 0.05) is 57.1 Å². The van der Waals surface area contributed by atoms with E-state index in [1.807, 2.05) is 0 Å². The number of carboxylic acid groups (broad SMARTS) is 1. The number of carbonyl (C=O) groups is 6. The van der Waals surface area contributed by atoms with Gasteiger partial charge in [-0.2, -0.15) is 8.42 Å². The number of likely N-dealkylation sites (N-methyl/N-ethyl adjacent to an activating group) is 1. The number of carbonyl (C=O) groups excluding carboxylic acids is 5. The van der Waals surface area contributed by atoms with E-state index in [0.717, 1.165) is 12.2 Å². The van der Waals surface area contributed by atoms with Crippen molar-refractivity contribution in [1.82, 2.24) is 15.5 Å². The van der Waals surface area contributed by atoms with Crippen molar-refractivity contribution in [2.45, 2.75) is 90.4 Å². The third kappa shape index (κ3) is 18.8. The Balaban J connectivity index is 1.85. The topological polar surface area (TPSA) is 271 Å².